The number of hydrogen-bond donors (Lipinski definition) is 1. The van der Waals surface area contributed by atoms with E-state index in [1.54, 1.807) is 13.8 Å². The van der Waals surface area contributed by atoms with Gasteiger partial charge in [-0.3, -0.25) is 4.79 Å². The summed E-state index contributed by atoms with van der Waals surface area (Å²) in [5.41, 5.74) is 0. The van der Waals surface area contributed by atoms with Gasteiger partial charge in [0.15, 0.2) is 0 Å². The Kier molecular flexibility index (Phi) is 7.07. The second-order valence-electron chi connectivity index (χ2n) is 3.80. The zero-order chi connectivity index (χ0) is 11.0. The third kappa shape index (κ3) is 7.77. The highest BCUT2D eigenvalue weighted by molar-refractivity contribution is 5.75. The minimum Gasteiger partial charge on any atom is -0.481 e. The van der Waals surface area contributed by atoms with Crippen LogP contribution in [-0.4, -0.2) is 16.9 Å². The van der Waals surface area contributed by atoms with Crippen molar-refractivity contribution < 1.29 is 14.7 Å². The van der Waals surface area contributed by atoms with Crippen LogP contribution in [0.25, 0.3) is 0 Å². The largest absolute Gasteiger partial charge is 0.481 e. The first-order chi connectivity index (χ1) is 6.56. The standard InChI is InChI=1S/C8H14O.C3H6O2/c1-7(9)6-8-4-2-3-5-8;1-2-3(4)5/h8H,2-6H2,1H3;2H2,1H3,(H,4,5). The van der Waals surface area contributed by atoms with Crippen LogP contribution in [0.4, 0.5) is 0 Å². The summed E-state index contributed by atoms with van der Waals surface area (Å²) in [4.78, 5) is 20.0. The Morgan fingerprint density at radius 2 is 1.71 bits per heavy atom. The lowest BCUT2D eigenvalue weighted by molar-refractivity contribution is -0.136. The molecule has 0 aromatic heterocycles. The molecule has 0 aliphatic heterocycles. The lowest BCUT2D eigenvalue weighted by atomic mass is 10.0. The predicted octanol–water partition coefficient (Wildman–Crippen LogP) is 2.64. The first kappa shape index (κ1) is 13.1. The van der Waals surface area contributed by atoms with E-state index in [0.29, 0.717) is 5.78 Å². The molecular formula is C11H20O3. The third-order valence-electron chi connectivity index (χ3n) is 2.35. The van der Waals surface area contributed by atoms with Crippen molar-refractivity contribution in [1.82, 2.24) is 0 Å². The van der Waals surface area contributed by atoms with Gasteiger partial charge in [0.05, 0.1) is 0 Å². The van der Waals surface area contributed by atoms with E-state index in [4.69, 9.17) is 5.11 Å². The van der Waals surface area contributed by atoms with E-state index in [0.717, 1.165) is 12.3 Å². The van der Waals surface area contributed by atoms with E-state index < -0.39 is 5.97 Å². The van der Waals surface area contributed by atoms with E-state index in [1.165, 1.54) is 25.7 Å². The molecule has 0 aromatic rings. The molecule has 0 aromatic carbocycles. The monoisotopic (exact) mass is 200 g/mol. The zero-order valence-electron chi connectivity index (χ0n) is 9.08. The van der Waals surface area contributed by atoms with Crippen molar-refractivity contribution in [3.8, 4) is 0 Å². The fraction of sp³-hybridized carbons (Fsp3) is 0.818. The Bertz CT molecular complexity index is 181. The molecule has 1 saturated carbocycles. The number of carbonyl (C=O) groups is 2. The highest BCUT2D eigenvalue weighted by Gasteiger charge is 2.15. The van der Waals surface area contributed by atoms with Gasteiger partial charge in [-0.25, -0.2) is 0 Å². The highest BCUT2D eigenvalue weighted by atomic mass is 16.4. The number of Topliss-reactive ketones (excluding diaryl/α,β-unsaturated/α-hetero) is 1. The Hall–Kier alpha value is -0.860. The average Bonchev–Trinajstić information content (AvgIpc) is 2.57. The van der Waals surface area contributed by atoms with Gasteiger partial charge in [-0.1, -0.05) is 32.6 Å². The van der Waals surface area contributed by atoms with Crippen molar-refractivity contribution in [2.45, 2.75) is 52.4 Å². The summed E-state index contributed by atoms with van der Waals surface area (Å²) in [5.74, 6) is 0.356. The van der Waals surface area contributed by atoms with Crippen molar-refractivity contribution in [1.29, 1.82) is 0 Å². The van der Waals surface area contributed by atoms with Crippen LogP contribution in [0.1, 0.15) is 52.4 Å². The quantitative estimate of drug-likeness (QED) is 0.762. The molecule has 82 valence electrons. The van der Waals surface area contributed by atoms with E-state index >= 15 is 0 Å². The molecule has 0 radical (unpaired) electrons. The molecular weight excluding hydrogens is 180 g/mol. The summed E-state index contributed by atoms with van der Waals surface area (Å²) in [7, 11) is 0. The summed E-state index contributed by atoms with van der Waals surface area (Å²) in [6.45, 7) is 3.29. The summed E-state index contributed by atoms with van der Waals surface area (Å²) >= 11 is 0. The number of ketones is 1. The van der Waals surface area contributed by atoms with E-state index in [9.17, 15) is 9.59 Å². The number of carboxylic acid groups (broad SMARTS) is 1. The molecule has 0 saturated heterocycles. The van der Waals surface area contributed by atoms with Crippen molar-refractivity contribution >= 4 is 11.8 Å². The summed E-state index contributed by atoms with van der Waals surface area (Å²) in [6.07, 6.45) is 6.33. The molecule has 1 aliphatic rings. The summed E-state index contributed by atoms with van der Waals surface area (Å²) in [6, 6.07) is 0. The van der Waals surface area contributed by atoms with Gasteiger partial charge < -0.3 is 9.90 Å². The number of aliphatic carboxylic acids is 1. The number of carbonyl (C=O) groups excluding carboxylic acids is 1. The van der Waals surface area contributed by atoms with Crippen LogP contribution in [0, 0.1) is 5.92 Å². The Morgan fingerprint density at radius 3 is 2.00 bits per heavy atom. The predicted molar refractivity (Wildman–Crippen MR) is 55.2 cm³/mol. The van der Waals surface area contributed by atoms with Crippen LogP contribution < -0.4 is 0 Å². The maximum Gasteiger partial charge on any atom is 0.303 e. The van der Waals surface area contributed by atoms with Gasteiger partial charge in [-0.05, 0) is 12.8 Å². The Labute approximate surface area is 85.5 Å². The van der Waals surface area contributed by atoms with E-state index in [1.807, 2.05) is 0 Å². The maximum absolute atomic E-state index is 10.6. The van der Waals surface area contributed by atoms with Crippen LogP contribution in [-0.2, 0) is 9.59 Å². The van der Waals surface area contributed by atoms with Gasteiger partial charge in [0.25, 0.3) is 0 Å². The molecule has 0 bridgehead atoms. The molecule has 3 heteroatoms. The van der Waals surface area contributed by atoms with Crippen molar-refractivity contribution in [2.75, 3.05) is 0 Å². The van der Waals surface area contributed by atoms with Gasteiger partial charge >= 0.3 is 5.97 Å². The second-order valence-corrected chi connectivity index (χ2v) is 3.80. The van der Waals surface area contributed by atoms with Crippen molar-refractivity contribution in [3.63, 3.8) is 0 Å². The van der Waals surface area contributed by atoms with Gasteiger partial charge in [-0.2, -0.15) is 0 Å². The lowest BCUT2D eigenvalue weighted by Gasteiger charge is -2.02. The lowest BCUT2D eigenvalue weighted by Crippen LogP contribution is -1.99. The smallest absolute Gasteiger partial charge is 0.303 e. The first-order valence-corrected chi connectivity index (χ1v) is 5.27. The molecule has 0 spiro atoms. The van der Waals surface area contributed by atoms with Crippen molar-refractivity contribution in [2.24, 2.45) is 5.92 Å². The van der Waals surface area contributed by atoms with Crippen LogP contribution in [0.15, 0.2) is 0 Å². The van der Waals surface area contributed by atoms with Crippen LogP contribution >= 0.6 is 0 Å². The normalized spacial score (nSPS) is 15.9. The Morgan fingerprint density at radius 1 is 1.29 bits per heavy atom. The molecule has 1 rings (SSSR count). The fourth-order valence-corrected chi connectivity index (χ4v) is 1.62. The van der Waals surface area contributed by atoms with Crippen LogP contribution in [0.3, 0.4) is 0 Å². The summed E-state index contributed by atoms with van der Waals surface area (Å²) < 4.78 is 0. The molecule has 1 aliphatic carbocycles. The molecule has 0 amide bonds. The average molecular weight is 200 g/mol. The van der Waals surface area contributed by atoms with Gasteiger partial charge in [-0.15, -0.1) is 0 Å². The van der Waals surface area contributed by atoms with Crippen molar-refractivity contribution in [3.05, 3.63) is 0 Å². The highest BCUT2D eigenvalue weighted by Crippen LogP contribution is 2.27. The molecule has 0 atom stereocenters. The van der Waals surface area contributed by atoms with E-state index in [2.05, 4.69) is 0 Å². The van der Waals surface area contributed by atoms with E-state index in [-0.39, 0.29) is 6.42 Å². The third-order valence-corrected chi connectivity index (χ3v) is 2.35. The SMILES string of the molecule is CC(=O)CC1CCCC1.CCC(=O)O. The molecule has 3 nitrogen and oxygen atoms in total. The maximum atomic E-state index is 10.6. The number of hydrogen-bond acceptors (Lipinski definition) is 2. The van der Waals surface area contributed by atoms with Crippen LogP contribution in [0.2, 0.25) is 0 Å². The molecule has 14 heavy (non-hydrogen) atoms. The molecule has 0 unspecified atom stereocenters. The minimum atomic E-state index is -0.745. The zero-order valence-corrected chi connectivity index (χ0v) is 9.08. The molecule has 1 N–H and O–H groups in total. The van der Waals surface area contributed by atoms with Gasteiger partial charge in [0.2, 0.25) is 0 Å². The molecule has 0 heterocycles. The van der Waals surface area contributed by atoms with Gasteiger partial charge in [0.1, 0.15) is 5.78 Å². The topological polar surface area (TPSA) is 54.4 Å². The summed E-state index contributed by atoms with van der Waals surface area (Å²) in [5, 5.41) is 7.72. The Balaban J connectivity index is 0.000000292. The van der Waals surface area contributed by atoms with Crippen LogP contribution in [0.5, 0.6) is 0 Å². The van der Waals surface area contributed by atoms with Gasteiger partial charge in [0, 0.05) is 12.8 Å². The first-order valence-electron chi connectivity index (χ1n) is 5.27. The molecule has 1 fully saturated rings. The number of carboxylic acids is 1. The second kappa shape index (κ2) is 7.54. The minimum absolute atomic E-state index is 0.222. The number of rotatable bonds is 3. The fourth-order valence-electron chi connectivity index (χ4n) is 1.62.